The van der Waals surface area contributed by atoms with Crippen molar-refractivity contribution in [1.82, 2.24) is 9.55 Å². The van der Waals surface area contributed by atoms with E-state index < -0.39 is 0 Å². The molecule has 2 aromatic carbocycles. The van der Waals surface area contributed by atoms with Crippen LogP contribution in [0.5, 0.6) is 5.88 Å². The zero-order chi connectivity index (χ0) is 20.5. The lowest BCUT2D eigenvalue weighted by atomic mass is 10.2. The van der Waals surface area contributed by atoms with Crippen LogP contribution in [0, 0.1) is 19.7 Å². The summed E-state index contributed by atoms with van der Waals surface area (Å²) < 4.78 is 21.5. The molecule has 148 valence electrons. The van der Waals surface area contributed by atoms with Crippen molar-refractivity contribution < 1.29 is 9.13 Å². The molecule has 0 aliphatic rings. The molecule has 3 nitrogen and oxygen atoms in total. The molecule has 0 spiro atoms. The predicted molar refractivity (Wildman–Crippen MR) is 116 cm³/mol. The number of aromatic nitrogens is 2. The number of aryl methyl sites for hydroxylation is 1. The molecule has 0 amide bonds. The van der Waals surface area contributed by atoms with Crippen LogP contribution in [0.2, 0.25) is 10.0 Å². The minimum atomic E-state index is -0.246. The van der Waals surface area contributed by atoms with Crippen LogP contribution in [-0.4, -0.2) is 9.55 Å². The van der Waals surface area contributed by atoms with Crippen molar-refractivity contribution in [2.24, 2.45) is 0 Å². The smallest absolute Gasteiger partial charge is 0.238 e. The Morgan fingerprint density at radius 1 is 1.03 bits per heavy atom. The summed E-state index contributed by atoms with van der Waals surface area (Å²) in [5.41, 5.74) is 5.03. The van der Waals surface area contributed by atoms with Gasteiger partial charge >= 0.3 is 0 Å². The maximum absolute atomic E-state index is 13.3. The van der Waals surface area contributed by atoms with E-state index in [2.05, 4.69) is 23.4 Å². The Labute approximate surface area is 178 Å². The van der Waals surface area contributed by atoms with E-state index >= 15 is 0 Å². The minimum absolute atomic E-state index is 0.246. The first-order chi connectivity index (χ1) is 13.9. The van der Waals surface area contributed by atoms with E-state index in [4.69, 9.17) is 27.9 Å². The van der Waals surface area contributed by atoms with E-state index in [1.165, 1.54) is 17.7 Å². The number of benzene rings is 2. The summed E-state index contributed by atoms with van der Waals surface area (Å²) in [4.78, 5) is 4.47. The Morgan fingerprint density at radius 3 is 2.52 bits per heavy atom. The molecule has 0 N–H and O–H groups in total. The lowest BCUT2D eigenvalue weighted by Crippen LogP contribution is -2.05. The number of nitrogens with zero attached hydrogens (tertiary/aromatic N) is 2. The van der Waals surface area contributed by atoms with E-state index in [1.54, 1.807) is 30.5 Å². The topological polar surface area (TPSA) is 27.1 Å². The van der Waals surface area contributed by atoms with Gasteiger partial charge in [0.2, 0.25) is 5.88 Å². The summed E-state index contributed by atoms with van der Waals surface area (Å²) in [6, 6.07) is 13.8. The summed E-state index contributed by atoms with van der Waals surface area (Å²) in [7, 11) is 0. The summed E-state index contributed by atoms with van der Waals surface area (Å²) in [5, 5.41) is 2.22. The van der Waals surface area contributed by atoms with Crippen LogP contribution < -0.4 is 4.74 Å². The minimum Gasteiger partial charge on any atom is -0.471 e. The highest BCUT2D eigenvalue weighted by molar-refractivity contribution is 6.35. The van der Waals surface area contributed by atoms with E-state index in [-0.39, 0.29) is 12.4 Å². The van der Waals surface area contributed by atoms with Gasteiger partial charge in [-0.2, -0.15) is 0 Å². The fourth-order valence-electron chi connectivity index (χ4n) is 3.42. The van der Waals surface area contributed by atoms with Gasteiger partial charge in [-0.15, -0.1) is 0 Å². The highest BCUT2D eigenvalue weighted by Gasteiger charge is 2.17. The van der Waals surface area contributed by atoms with Crippen LogP contribution in [0.4, 0.5) is 4.39 Å². The van der Waals surface area contributed by atoms with E-state index in [0.29, 0.717) is 22.5 Å². The number of fused-ring (bicyclic) bond motifs is 1. The van der Waals surface area contributed by atoms with Gasteiger partial charge in [-0.3, -0.25) is 0 Å². The van der Waals surface area contributed by atoms with Crippen LogP contribution in [0.25, 0.3) is 10.9 Å². The number of halogens is 3. The van der Waals surface area contributed by atoms with Gasteiger partial charge in [0, 0.05) is 39.4 Å². The van der Waals surface area contributed by atoms with Crippen molar-refractivity contribution in [2.75, 3.05) is 0 Å². The van der Waals surface area contributed by atoms with E-state index in [9.17, 15) is 4.39 Å². The van der Waals surface area contributed by atoms with Crippen molar-refractivity contribution in [3.05, 3.63) is 93.0 Å². The van der Waals surface area contributed by atoms with Crippen LogP contribution in [-0.2, 0) is 13.2 Å². The molecule has 0 atom stereocenters. The maximum Gasteiger partial charge on any atom is 0.238 e. The molecule has 2 heterocycles. The van der Waals surface area contributed by atoms with Gasteiger partial charge in [0.1, 0.15) is 17.9 Å². The normalized spacial score (nSPS) is 11.2. The van der Waals surface area contributed by atoms with Gasteiger partial charge in [-0.25, -0.2) is 9.37 Å². The van der Waals surface area contributed by atoms with E-state index in [0.717, 1.165) is 27.7 Å². The first-order valence-corrected chi connectivity index (χ1v) is 9.95. The second kappa shape index (κ2) is 8.05. The zero-order valence-electron chi connectivity index (χ0n) is 16.0. The van der Waals surface area contributed by atoms with Crippen molar-refractivity contribution >= 4 is 34.1 Å². The highest BCUT2D eigenvalue weighted by atomic mass is 35.5. The third kappa shape index (κ3) is 3.96. The second-order valence-electron chi connectivity index (χ2n) is 6.96. The molecule has 0 saturated carbocycles. The molecular weight excluding hydrogens is 410 g/mol. The lowest BCUT2D eigenvalue weighted by molar-refractivity contribution is 0.296. The Kier molecular flexibility index (Phi) is 5.48. The molecule has 0 fully saturated rings. The first-order valence-electron chi connectivity index (χ1n) is 9.19. The molecule has 0 radical (unpaired) electrons. The van der Waals surface area contributed by atoms with Gasteiger partial charge in [0.05, 0.1) is 0 Å². The molecule has 4 aromatic rings. The molecule has 0 unspecified atom stereocenters. The van der Waals surface area contributed by atoms with Crippen LogP contribution in [0.1, 0.15) is 22.4 Å². The number of hydrogen-bond donors (Lipinski definition) is 0. The summed E-state index contributed by atoms with van der Waals surface area (Å²) in [6.45, 7) is 5.03. The van der Waals surface area contributed by atoms with E-state index in [1.807, 2.05) is 12.1 Å². The molecule has 0 aliphatic carbocycles. The van der Waals surface area contributed by atoms with Crippen molar-refractivity contribution in [3.8, 4) is 5.88 Å². The average Bonchev–Trinajstić information content (AvgIpc) is 2.94. The number of pyridine rings is 1. The van der Waals surface area contributed by atoms with Gasteiger partial charge in [0.25, 0.3) is 0 Å². The monoisotopic (exact) mass is 428 g/mol. The third-order valence-corrected chi connectivity index (χ3v) is 5.73. The molecule has 0 saturated heterocycles. The summed E-state index contributed by atoms with van der Waals surface area (Å²) in [6.07, 6.45) is 1.75. The Balaban J connectivity index is 1.72. The van der Waals surface area contributed by atoms with Gasteiger partial charge in [-0.05, 0) is 55.3 Å². The highest BCUT2D eigenvalue weighted by Crippen LogP contribution is 2.32. The number of rotatable bonds is 5. The molecular formula is C23H19Cl2FN2O. The first kappa shape index (κ1) is 19.7. The fraction of sp³-hybridized carbons (Fsp3) is 0.174. The zero-order valence-corrected chi connectivity index (χ0v) is 17.6. The van der Waals surface area contributed by atoms with Crippen molar-refractivity contribution in [2.45, 2.75) is 27.0 Å². The fourth-order valence-corrected chi connectivity index (χ4v) is 3.89. The van der Waals surface area contributed by atoms with Crippen LogP contribution in [0.15, 0.2) is 54.7 Å². The summed E-state index contributed by atoms with van der Waals surface area (Å²) >= 11 is 12.2. The lowest BCUT2D eigenvalue weighted by Gasteiger charge is -2.13. The van der Waals surface area contributed by atoms with Crippen LogP contribution >= 0.6 is 23.2 Å². The van der Waals surface area contributed by atoms with Crippen molar-refractivity contribution in [3.63, 3.8) is 0 Å². The Bertz CT molecular complexity index is 1190. The van der Waals surface area contributed by atoms with Crippen LogP contribution in [0.3, 0.4) is 0 Å². The molecule has 2 aromatic heterocycles. The number of ether oxygens (including phenoxy) is 1. The largest absolute Gasteiger partial charge is 0.471 e. The molecule has 4 rings (SSSR count). The number of hydrogen-bond acceptors (Lipinski definition) is 2. The Hall–Kier alpha value is -2.56. The standard InChI is InChI=1S/C23H19Cl2FN2O/c1-14-15(2)28(12-16-3-7-19(26)8-4-16)22-20(14)9-10-27-23(22)29-13-17-5-6-18(24)11-21(17)25/h3-11H,12-13H2,1-2H3. The third-order valence-electron chi connectivity index (χ3n) is 5.15. The van der Waals surface area contributed by atoms with Gasteiger partial charge < -0.3 is 9.30 Å². The Morgan fingerprint density at radius 2 is 1.79 bits per heavy atom. The van der Waals surface area contributed by atoms with Crippen molar-refractivity contribution in [1.29, 1.82) is 0 Å². The van der Waals surface area contributed by atoms with Gasteiger partial charge in [0.15, 0.2) is 0 Å². The average molecular weight is 429 g/mol. The SMILES string of the molecule is Cc1c(C)n(Cc2ccc(F)cc2)c2c(OCc3ccc(Cl)cc3Cl)nccc12. The quantitative estimate of drug-likeness (QED) is 0.352. The molecule has 0 bridgehead atoms. The van der Waals surface area contributed by atoms with Gasteiger partial charge in [-0.1, -0.05) is 41.4 Å². The summed E-state index contributed by atoms with van der Waals surface area (Å²) in [5.74, 6) is 0.288. The molecule has 29 heavy (non-hydrogen) atoms. The molecule has 0 aliphatic heterocycles. The predicted octanol–water partition coefficient (Wildman–Crippen LogP) is 6.73. The molecule has 6 heteroatoms. The maximum atomic E-state index is 13.3. The second-order valence-corrected chi connectivity index (χ2v) is 7.80.